The average Bonchev–Trinajstić information content (AvgIpc) is 3.00. The molecule has 2 N–H and O–H groups in total. The first-order valence-electron chi connectivity index (χ1n) is 14.4. The number of Topliss-reactive ketones (excluding diaryl/α,β-unsaturated/α-hetero) is 1. The van der Waals surface area contributed by atoms with E-state index in [4.69, 9.17) is 13.9 Å². The summed E-state index contributed by atoms with van der Waals surface area (Å²) >= 11 is 0. The van der Waals surface area contributed by atoms with Gasteiger partial charge in [0.2, 0.25) is 5.43 Å². The number of hydrogen-bond acceptors (Lipinski definition) is 7. The minimum Gasteiger partial charge on any atom is -0.507 e. The summed E-state index contributed by atoms with van der Waals surface area (Å²) < 4.78 is 18.1. The van der Waals surface area contributed by atoms with Gasteiger partial charge >= 0.3 is 0 Å². The summed E-state index contributed by atoms with van der Waals surface area (Å²) in [5.41, 5.74) is 2.69. The second-order valence-corrected chi connectivity index (χ2v) is 10.3. The number of fused-ring (bicyclic) bond motifs is 1. The lowest BCUT2D eigenvalue weighted by Gasteiger charge is -2.15. The van der Waals surface area contributed by atoms with Crippen LogP contribution < -0.4 is 14.9 Å². The highest BCUT2D eigenvalue weighted by Crippen LogP contribution is 2.37. The number of phenolic OH excluding ortho intramolecular Hbond substituents is 2. The third-order valence-electron chi connectivity index (χ3n) is 7.23. The monoisotopic (exact) mass is 578 g/mol. The van der Waals surface area contributed by atoms with E-state index < -0.39 is 0 Å². The summed E-state index contributed by atoms with van der Waals surface area (Å²) in [7, 11) is 0. The fourth-order valence-corrected chi connectivity index (χ4v) is 5.12. The molecule has 43 heavy (non-hydrogen) atoms. The summed E-state index contributed by atoms with van der Waals surface area (Å²) in [5.74, 6) is 0.968. The van der Waals surface area contributed by atoms with E-state index in [0.29, 0.717) is 72.0 Å². The van der Waals surface area contributed by atoms with Crippen molar-refractivity contribution in [3.8, 4) is 45.4 Å². The molecule has 7 heteroatoms. The summed E-state index contributed by atoms with van der Waals surface area (Å²) in [6.45, 7) is 4.18. The summed E-state index contributed by atoms with van der Waals surface area (Å²) in [5, 5.41) is 21.5. The first kappa shape index (κ1) is 29.5. The van der Waals surface area contributed by atoms with E-state index in [1.807, 2.05) is 67.6 Å². The number of rotatable bonds is 12. The zero-order chi connectivity index (χ0) is 30.3. The van der Waals surface area contributed by atoms with Gasteiger partial charge in [0.1, 0.15) is 39.7 Å². The molecule has 0 spiro atoms. The second kappa shape index (κ2) is 13.3. The van der Waals surface area contributed by atoms with Crippen LogP contribution in [0.25, 0.3) is 33.4 Å². The average molecular weight is 579 g/mol. The van der Waals surface area contributed by atoms with Crippen LogP contribution in [0.2, 0.25) is 0 Å². The van der Waals surface area contributed by atoms with Crippen molar-refractivity contribution in [2.45, 2.75) is 39.5 Å². The van der Waals surface area contributed by atoms with E-state index in [9.17, 15) is 19.8 Å². The highest BCUT2D eigenvalue weighted by Gasteiger charge is 2.21. The number of unbranched alkanes of at least 4 members (excludes halogenated alkanes) is 1. The zero-order valence-electron chi connectivity index (χ0n) is 24.3. The molecule has 7 nitrogen and oxygen atoms in total. The Balaban J connectivity index is 1.30. The molecule has 1 heterocycles. The molecule has 0 aliphatic carbocycles. The molecule has 1 aromatic heterocycles. The lowest BCUT2D eigenvalue weighted by atomic mass is 9.98. The number of ketones is 1. The predicted molar refractivity (Wildman–Crippen MR) is 167 cm³/mol. The Morgan fingerprint density at radius 1 is 0.837 bits per heavy atom. The molecule has 5 rings (SSSR count). The van der Waals surface area contributed by atoms with Crippen LogP contribution in [0.15, 0.2) is 94.1 Å². The maximum absolute atomic E-state index is 13.7. The van der Waals surface area contributed by atoms with Crippen molar-refractivity contribution in [3.63, 3.8) is 0 Å². The highest BCUT2D eigenvalue weighted by atomic mass is 16.5. The maximum Gasteiger partial charge on any atom is 0.204 e. The number of carbonyl (C=O) groups is 1. The molecule has 0 saturated carbocycles. The van der Waals surface area contributed by atoms with E-state index in [1.54, 1.807) is 18.2 Å². The minimum absolute atomic E-state index is 0.00995. The number of ether oxygens (including phenoxy) is 2. The largest absolute Gasteiger partial charge is 0.507 e. The van der Waals surface area contributed by atoms with Gasteiger partial charge in [-0.1, -0.05) is 74.0 Å². The highest BCUT2D eigenvalue weighted by molar-refractivity contribution is 5.97. The van der Waals surface area contributed by atoms with Crippen molar-refractivity contribution in [3.05, 3.63) is 106 Å². The fraction of sp³-hybridized carbons (Fsp3) is 0.222. The second-order valence-electron chi connectivity index (χ2n) is 10.3. The third kappa shape index (κ3) is 6.41. The lowest BCUT2D eigenvalue weighted by Crippen LogP contribution is -2.08. The van der Waals surface area contributed by atoms with E-state index in [1.165, 1.54) is 13.0 Å². The zero-order valence-corrected chi connectivity index (χ0v) is 24.3. The van der Waals surface area contributed by atoms with E-state index >= 15 is 0 Å². The number of carbonyl (C=O) groups excluding carboxylic acids is 1. The Morgan fingerprint density at radius 3 is 2.14 bits per heavy atom. The Morgan fingerprint density at radius 2 is 1.49 bits per heavy atom. The van der Waals surface area contributed by atoms with E-state index in [0.717, 1.165) is 12.0 Å². The van der Waals surface area contributed by atoms with Gasteiger partial charge in [-0.2, -0.15) is 0 Å². The summed E-state index contributed by atoms with van der Waals surface area (Å²) in [6, 6.07) is 25.1. The number of hydrogen-bond donors (Lipinski definition) is 2. The van der Waals surface area contributed by atoms with Crippen molar-refractivity contribution < 1.29 is 28.9 Å². The molecular weight excluding hydrogens is 544 g/mol. The van der Waals surface area contributed by atoms with Gasteiger partial charge in [0, 0.05) is 23.3 Å². The molecule has 5 aromatic rings. The maximum atomic E-state index is 13.7. The molecule has 220 valence electrons. The molecule has 0 aliphatic heterocycles. The quantitative estimate of drug-likeness (QED) is 0.114. The predicted octanol–water partition coefficient (Wildman–Crippen LogP) is 7.93. The van der Waals surface area contributed by atoms with Crippen molar-refractivity contribution in [1.29, 1.82) is 0 Å². The van der Waals surface area contributed by atoms with Crippen molar-refractivity contribution in [2.75, 3.05) is 13.2 Å². The Bertz CT molecular complexity index is 1790. The summed E-state index contributed by atoms with van der Waals surface area (Å²) in [6.07, 6.45) is 2.74. The van der Waals surface area contributed by atoms with Gasteiger partial charge in [-0.3, -0.25) is 9.59 Å². The van der Waals surface area contributed by atoms with Crippen LogP contribution in [0.5, 0.6) is 23.0 Å². The van der Waals surface area contributed by atoms with Crippen molar-refractivity contribution in [1.82, 2.24) is 0 Å². The lowest BCUT2D eigenvalue weighted by molar-refractivity contribution is 0.101. The van der Waals surface area contributed by atoms with Crippen LogP contribution in [0.3, 0.4) is 0 Å². The topological polar surface area (TPSA) is 106 Å². The Labute approximate surface area is 250 Å². The van der Waals surface area contributed by atoms with Crippen LogP contribution in [0, 0.1) is 0 Å². The fourth-order valence-electron chi connectivity index (χ4n) is 5.12. The number of benzene rings is 4. The summed E-state index contributed by atoms with van der Waals surface area (Å²) in [4.78, 5) is 25.5. The normalized spacial score (nSPS) is 11.0. The molecule has 0 saturated heterocycles. The van der Waals surface area contributed by atoms with Crippen molar-refractivity contribution in [2.24, 2.45) is 0 Å². The van der Waals surface area contributed by atoms with Crippen LogP contribution in [0.4, 0.5) is 0 Å². The van der Waals surface area contributed by atoms with Crippen LogP contribution in [-0.2, 0) is 6.42 Å². The molecule has 0 fully saturated rings. The van der Waals surface area contributed by atoms with Gasteiger partial charge in [0.05, 0.1) is 24.3 Å². The SMILES string of the molecule is CCCc1c(OCCCCOc2cc(O)c3c(=O)c(-c4ccccc4)c(-c4ccccc4)oc3c2)ccc(C(C)=O)c1O. The smallest absolute Gasteiger partial charge is 0.204 e. The minimum atomic E-state index is -0.322. The number of aromatic hydroxyl groups is 2. The molecule has 0 unspecified atom stereocenters. The van der Waals surface area contributed by atoms with Crippen LogP contribution >= 0.6 is 0 Å². The van der Waals surface area contributed by atoms with Gasteiger partial charge in [-0.25, -0.2) is 0 Å². The van der Waals surface area contributed by atoms with Gasteiger partial charge in [-0.15, -0.1) is 0 Å². The number of phenols is 2. The van der Waals surface area contributed by atoms with E-state index in [2.05, 4.69) is 0 Å². The molecule has 4 aromatic carbocycles. The molecule has 0 bridgehead atoms. The van der Waals surface area contributed by atoms with Gasteiger partial charge in [-0.05, 0) is 43.9 Å². The van der Waals surface area contributed by atoms with Crippen molar-refractivity contribution >= 4 is 16.8 Å². The molecule has 0 amide bonds. The first-order valence-corrected chi connectivity index (χ1v) is 14.4. The van der Waals surface area contributed by atoms with Crippen LogP contribution in [-0.4, -0.2) is 29.2 Å². The Kier molecular flexibility index (Phi) is 9.11. The third-order valence-corrected chi connectivity index (χ3v) is 7.23. The molecule has 0 radical (unpaired) electrons. The van der Waals surface area contributed by atoms with Gasteiger partial charge < -0.3 is 24.1 Å². The molecular formula is C36H34O7. The standard InChI is InChI=1S/C36H34O7/c1-3-12-28-30(18-17-27(23(2)37)34(28)39)42-20-11-10-19-41-26-21-29(38)33-31(22-26)43-36(25-15-8-5-9-16-25)32(35(33)40)24-13-6-4-7-14-24/h4-9,13-18,21-22,38-39H,3,10-12,19-20H2,1-2H3. The van der Waals surface area contributed by atoms with E-state index in [-0.39, 0.29) is 33.7 Å². The Hall–Kier alpha value is -5.04. The molecule has 0 atom stereocenters. The van der Waals surface area contributed by atoms with Gasteiger partial charge in [0.15, 0.2) is 5.78 Å². The van der Waals surface area contributed by atoms with Gasteiger partial charge in [0.25, 0.3) is 0 Å². The van der Waals surface area contributed by atoms with Crippen LogP contribution in [0.1, 0.15) is 49.0 Å². The first-order chi connectivity index (χ1) is 20.9. The molecule has 0 aliphatic rings.